The lowest BCUT2D eigenvalue weighted by Gasteiger charge is -2.30. The molecule has 1 N–H and O–H groups in total. The van der Waals surface area contributed by atoms with E-state index >= 15 is 0 Å². The third kappa shape index (κ3) is 3.82. The summed E-state index contributed by atoms with van der Waals surface area (Å²) in [5.74, 6) is 0. The summed E-state index contributed by atoms with van der Waals surface area (Å²) in [6.45, 7) is 5.05. The molecule has 0 bridgehead atoms. The highest BCUT2D eigenvalue weighted by molar-refractivity contribution is 5.13. The van der Waals surface area contributed by atoms with Crippen molar-refractivity contribution in [2.75, 3.05) is 13.1 Å². The van der Waals surface area contributed by atoms with Crippen molar-refractivity contribution in [1.29, 1.82) is 0 Å². The van der Waals surface area contributed by atoms with Gasteiger partial charge in [0.05, 0.1) is 12.2 Å². The standard InChI is InChI=1S/C16H25NO/c1-2-12-17-14-16(10-6-7-11-16)18-13-15-8-4-3-5-9-15/h3-5,8-9,17H,2,6-7,10-14H2,1H3. The molecule has 1 aromatic carbocycles. The van der Waals surface area contributed by atoms with Gasteiger partial charge in [0.2, 0.25) is 0 Å². The third-order valence-corrected chi connectivity index (χ3v) is 3.78. The second-order valence-corrected chi connectivity index (χ2v) is 5.34. The molecule has 0 aromatic heterocycles. The summed E-state index contributed by atoms with van der Waals surface area (Å²) in [6.07, 6.45) is 6.22. The first-order valence-electron chi connectivity index (χ1n) is 7.23. The zero-order chi connectivity index (χ0) is 12.7. The van der Waals surface area contributed by atoms with Gasteiger partial charge in [-0.05, 0) is 31.4 Å². The molecule has 2 heteroatoms. The highest BCUT2D eigenvalue weighted by Gasteiger charge is 2.34. The molecule has 2 nitrogen and oxygen atoms in total. The molecule has 1 aliphatic carbocycles. The average molecular weight is 247 g/mol. The van der Waals surface area contributed by atoms with Crippen LogP contribution in [0.5, 0.6) is 0 Å². The van der Waals surface area contributed by atoms with Crippen LogP contribution in [0.25, 0.3) is 0 Å². The second-order valence-electron chi connectivity index (χ2n) is 5.34. The highest BCUT2D eigenvalue weighted by atomic mass is 16.5. The van der Waals surface area contributed by atoms with E-state index in [4.69, 9.17) is 4.74 Å². The first-order valence-corrected chi connectivity index (χ1v) is 7.23. The minimum atomic E-state index is 0.0883. The first-order chi connectivity index (χ1) is 8.85. The second kappa shape index (κ2) is 6.91. The van der Waals surface area contributed by atoms with Crippen molar-refractivity contribution in [3.05, 3.63) is 35.9 Å². The summed E-state index contributed by atoms with van der Waals surface area (Å²) < 4.78 is 6.26. The van der Waals surface area contributed by atoms with Gasteiger partial charge in [0, 0.05) is 6.54 Å². The van der Waals surface area contributed by atoms with Gasteiger partial charge in [-0.25, -0.2) is 0 Å². The van der Waals surface area contributed by atoms with Crippen LogP contribution in [0.2, 0.25) is 0 Å². The number of nitrogens with one attached hydrogen (secondary N) is 1. The van der Waals surface area contributed by atoms with Crippen molar-refractivity contribution in [3.8, 4) is 0 Å². The van der Waals surface area contributed by atoms with Crippen LogP contribution in [0.1, 0.15) is 44.6 Å². The minimum absolute atomic E-state index is 0.0883. The van der Waals surface area contributed by atoms with E-state index in [1.807, 2.05) is 0 Å². The van der Waals surface area contributed by atoms with Crippen LogP contribution < -0.4 is 5.32 Å². The third-order valence-electron chi connectivity index (χ3n) is 3.78. The molecule has 100 valence electrons. The molecule has 0 radical (unpaired) electrons. The van der Waals surface area contributed by atoms with E-state index in [2.05, 4.69) is 42.6 Å². The van der Waals surface area contributed by atoms with E-state index in [0.29, 0.717) is 0 Å². The van der Waals surface area contributed by atoms with Crippen LogP contribution in [0.3, 0.4) is 0 Å². The molecule has 0 unspecified atom stereocenters. The Labute approximate surface area is 111 Å². The molecule has 0 saturated heterocycles. The van der Waals surface area contributed by atoms with E-state index in [-0.39, 0.29) is 5.60 Å². The minimum Gasteiger partial charge on any atom is -0.369 e. The Morgan fingerprint density at radius 1 is 1.17 bits per heavy atom. The summed E-state index contributed by atoms with van der Waals surface area (Å²) in [7, 11) is 0. The average Bonchev–Trinajstić information content (AvgIpc) is 2.87. The molecule has 0 heterocycles. The quantitative estimate of drug-likeness (QED) is 0.744. The van der Waals surface area contributed by atoms with E-state index in [9.17, 15) is 0 Å². The Balaban J connectivity index is 1.86. The predicted octanol–water partition coefficient (Wildman–Crippen LogP) is 3.52. The zero-order valence-electron chi connectivity index (χ0n) is 11.5. The van der Waals surface area contributed by atoms with Crippen LogP contribution in [0, 0.1) is 0 Å². The van der Waals surface area contributed by atoms with Gasteiger partial charge < -0.3 is 10.1 Å². The van der Waals surface area contributed by atoms with E-state index in [1.54, 1.807) is 0 Å². The fraction of sp³-hybridized carbons (Fsp3) is 0.625. The normalized spacial score (nSPS) is 18.1. The molecule has 1 aromatic rings. The maximum absolute atomic E-state index is 6.26. The van der Waals surface area contributed by atoms with Gasteiger partial charge in [-0.3, -0.25) is 0 Å². The van der Waals surface area contributed by atoms with Gasteiger partial charge >= 0.3 is 0 Å². The van der Waals surface area contributed by atoms with Gasteiger partial charge in [0.25, 0.3) is 0 Å². The number of hydrogen-bond acceptors (Lipinski definition) is 2. The van der Waals surface area contributed by atoms with Crippen LogP contribution >= 0.6 is 0 Å². The Hall–Kier alpha value is -0.860. The van der Waals surface area contributed by atoms with Gasteiger partial charge in [0.1, 0.15) is 0 Å². The van der Waals surface area contributed by atoms with E-state index in [0.717, 1.165) is 19.7 Å². The lowest BCUT2D eigenvalue weighted by Crippen LogP contribution is -2.41. The van der Waals surface area contributed by atoms with Crippen molar-refractivity contribution in [2.24, 2.45) is 0 Å². The predicted molar refractivity (Wildman–Crippen MR) is 75.6 cm³/mol. The van der Waals surface area contributed by atoms with Crippen molar-refractivity contribution < 1.29 is 4.74 Å². The topological polar surface area (TPSA) is 21.3 Å². The molecule has 0 spiro atoms. The Bertz CT molecular complexity index is 330. The van der Waals surface area contributed by atoms with E-state index < -0.39 is 0 Å². The van der Waals surface area contributed by atoms with Crippen molar-refractivity contribution >= 4 is 0 Å². The van der Waals surface area contributed by atoms with Gasteiger partial charge in [-0.15, -0.1) is 0 Å². The number of hydrogen-bond donors (Lipinski definition) is 1. The van der Waals surface area contributed by atoms with Crippen LogP contribution in [-0.2, 0) is 11.3 Å². The highest BCUT2D eigenvalue weighted by Crippen LogP contribution is 2.33. The maximum Gasteiger partial charge on any atom is 0.0810 e. The molecule has 1 aliphatic rings. The smallest absolute Gasteiger partial charge is 0.0810 e. The largest absolute Gasteiger partial charge is 0.369 e. The summed E-state index contributed by atoms with van der Waals surface area (Å²) in [5.41, 5.74) is 1.37. The van der Waals surface area contributed by atoms with Gasteiger partial charge in [0.15, 0.2) is 0 Å². The van der Waals surface area contributed by atoms with Gasteiger partial charge in [-0.2, -0.15) is 0 Å². The molecule has 1 saturated carbocycles. The monoisotopic (exact) mass is 247 g/mol. The maximum atomic E-state index is 6.26. The Morgan fingerprint density at radius 3 is 2.56 bits per heavy atom. The summed E-state index contributed by atoms with van der Waals surface area (Å²) in [5, 5.41) is 3.53. The fourth-order valence-electron chi connectivity index (χ4n) is 2.70. The zero-order valence-corrected chi connectivity index (χ0v) is 11.5. The number of ether oxygens (including phenoxy) is 1. The first kappa shape index (κ1) is 13.6. The molecular formula is C16H25NO. The molecule has 0 amide bonds. The van der Waals surface area contributed by atoms with Crippen molar-refractivity contribution in [3.63, 3.8) is 0 Å². The summed E-state index contributed by atoms with van der Waals surface area (Å²) >= 11 is 0. The molecule has 0 atom stereocenters. The molecule has 0 aliphatic heterocycles. The fourth-order valence-corrected chi connectivity index (χ4v) is 2.70. The lowest BCUT2D eigenvalue weighted by atomic mass is 10.0. The summed E-state index contributed by atoms with van der Waals surface area (Å²) in [4.78, 5) is 0. The lowest BCUT2D eigenvalue weighted by molar-refractivity contribution is -0.0502. The van der Waals surface area contributed by atoms with Crippen LogP contribution in [-0.4, -0.2) is 18.7 Å². The van der Waals surface area contributed by atoms with Crippen LogP contribution in [0.4, 0.5) is 0 Å². The number of rotatable bonds is 7. The molecule has 1 fully saturated rings. The molecule has 18 heavy (non-hydrogen) atoms. The van der Waals surface area contributed by atoms with Crippen molar-refractivity contribution in [2.45, 2.75) is 51.2 Å². The van der Waals surface area contributed by atoms with Gasteiger partial charge in [-0.1, -0.05) is 50.1 Å². The molecule has 2 rings (SSSR count). The Kier molecular flexibility index (Phi) is 5.21. The molecular weight excluding hydrogens is 222 g/mol. The Morgan fingerprint density at radius 2 is 1.89 bits per heavy atom. The SMILES string of the molecule is CCCNCC1(OCc2ccccc2)CCCC1. The van der Waals surface area contributed by atoms with E-state index in [1.165, 1.54) is 37.7 Å². The number of benzene rings is 1. The summed E-state index contributed by atoms with van der Waals surface area (Å²) in [6, 6.07) is 10.5. The van der Waals surface area contributed by atoms with Crippen LogP contribution in [0.15, 0.2) is 30.3 Å². The van der Waals surface area contributed by atoms with Crippen molar-refractivity contribution in [1.82, 2.24) is 5.32 Å².